The molecule has 2 saturated heterocycles. The summed E-state index contributed by atoms with van der Waals surface area (Å²) in [6.45, 7) is 4.86. The summed E-state index contributed by atoms with van der Waals surface area (Å²) in [6.07, 6.45) is 4.61. The minimum atomic E-state index is -0.00975. The molecule has 5 rings (SSSR count). The zero-order valence-corrected chi connectivity index (χ0v) is 18.0. The van der Waals surface area contributed by atoms with Crippen molar-refractivity contribution >= 4 is 22.6 Å². The van der Waals surface area contributed by atoms with E-state index in [0.29, 0.717) is 5.92 Å². The zero-order chi connectivity index (χ0) is 21.0. The molecule has 0 bridgehead atoms. The second-order valence-electron chi connectivity index (χ2n) is 8.80. The van der Waals surface area contributed by atoms with Crippen LogP contribution in [0.5, 0.6) is 0 Å². The van der Waals surface area contributed by atoms with E-state index in [1.807, 2.05) is 23.1 Å². The SMILES string of the molecule is O=C(Nc1ccc2nc(CN3CCCC3)ccc2c1)N1CCC(c2ccccc2)CC1. The van der Waals surface area contributed by atoms with Gasteiger partial charge in [0, 0.05) is 30.7 Å². The van der Waals surface area contributed by atoms with Gasteiger partial charge in [0.15, 0.2) is 0 Å². The number of likely N-dealkylation sites (tertiary alicyclic amines) is 2. The highest BCUT2D eigenvalue weighted by Gasteiger charge is 2.23. The highest BCUT2D eigenvalue weighted by atomic mass is 16.2. The van der Waals surface area contributed by atoms with Crippen molar-refractivity contribution in [1.82, 2.24) is 14.8 Å². The van der Waals surface area contributed by atoms with Crippen molar-refractivity contribution in [3.63, 3.8) is 0 Å². The summed E-state index contributed by atoms with van der Waals surface area (Å²) in [7, 11) is 0. The van der Waals surface area contributed by atoms with E-state index in [4.69, 9.17) is 4.98 Å². The predicted octanol–water partition coefficient (Wildman–Crippen LogP) is 5.24. The lowest BCUT2D eigenvalue weighted by Gasteiger charge is -2.32. The van der Waals surface area contributed by atoms with E-state index in [1.54, 1.807) is 0 Å². The smallest absolute Gasteiger partial charge is 0.321 e. The number of hydrogen-bond acceptors (Lipinski definition) is 3. The first-order valence-electron chi connectivity index (χ1n) is 11.5. The molecule has 5 heteroatoms. The Morgan fingerprint density at radius 1 is 0.935 bits per heavy atom. The third-order valence-electron chi connectivity index (χ3n) is 6.64. The fourth-order valence-electron chi connectivity index (χ4n) is 4.85. The molecule has 0 aliphatic carbocycles. The number of carbonyl (C=O) groups excluding carboxylic acids is 1. The van der Waals surface area contributed by atoms with Gasteiger partial charge in [-0.3, -0.25) is 9.88 Å². The standard InChI is InChI=1S/C26H30N4O/c31-26(30-16-12-21(13-17-30)20-6-2-1-3-7-20)28-23-10-11-25-22(18-23)8-9-24(27-25)19-29-14-4-5-15-29/h1-3,6-11,18,21H,4-5,12-17,19H2,(H,28,31). The van der Waals surface area contributed by atoms with Gasteiger partial charge in [0.1, 0.15) is 0 Å². The second kappa shape index (κ2) is 9.06. The fourth-order valence-corrected chi connectivity index (χ4v) is 4.85. The molecule has 1 aromatic heterocycles. The van der Waals surface area contributed by atoms with Crippen LogP contribution in [0.25, 0.3) is 10.9 Å². The zero-order valence-electron chi connectivity index (χ0n) is 18.0. The fraction of sp³-hybridized carbons (Fsp3) is 0.385. The van der Waals surface area contributed by atoms with Crippen LogP contribution in [-0.2, 0) is 6.54 Å². The maximum Gasteiger partial charge on any atom is 0.321 e. The summed E-state index contributed by atoms with van der Waals surface area (Å²) in [6, 6.07) is 20.9. The number of pyridine rings is 1. The Bertz CT molecular complexity index is 1040. The number of nitrogens with zero attached hydrogens (tertiary/aromatic N) is 3. The van der Waals surface area contributed by atoms with Gasteiger partial charge in [-0.2, -0.15) is 0 Å². The minimum Gasteiger partial charge on any atom is -0.324 e. The number of amides is 2. The number of benzene rings is 2. The molecule has 2 amide bonds. The van der Waals surface area contributed by atoms with Crippen molar-refractivity contribution in [1.29, 1.82) is 0 Å². The number of nitrogens with one attached hydrogen (secondary N) is 1. The molecule has 0 unspecified atom stereocenters. The number of anilines is 1. The third kappa shape index (κ3) is 4.72. The van der Waals surface area contributed by atoms with Crippen LogP contribution in [0.3, 0.4) is 0 Å². The molecule has 0 saturated carbocycles. The predicted molar refractivity (Wildman–Crippen MR) is 125 cm³/mol. The van der Waals surface area contributed by atoms with Crippen molar-refractivity contribution in [3.8, 4) is 0 Å². The summed E-state index contributed by atoms with van der Waals surface area (Å²) in [4.78, 5) is 22.0. The molecule has 160 valence electrons. The number of fused-ring (bicyclic) bond motifs is 1. The van der Waals surface area contributed by atoms with Crippen LogP contribution in [0.2, 0.25) is 0 Å². The molecule has 0 radical (unpaired) electrons. The first kappa shape index (κ1) is 20.0. The Labute approximate surface area is 184 Å². The lowest BCUT2D eigenvalue weighted by molar-refractivity contribution is 0.194. The van der Waals surface area contributed by atoms with E-state index >= 15 is 0 Å². The van der Waals surface area contributed by atoms with Crippen molar-refractivity contribution in [2.24, 2.45) is 0 Å². The quantitative estimate of drug-likeness (QED) is 0.635. The van der Waals surface area contributed by atoms with Gasteiger partial charge < -0.3 is 10.2 Å². The molecule has 1 N–H and O–H groups in total. The average molecular weight is 415 g/mol. The summed E-state index contributed by atoms with van der Waals surface area (Å²) in [5.41, 5.74) is 4.32. The largest absolute Gasteiger partial charge is 0.324 e. The molecule has 5 nitrogen and oxygen atoms in total. The third-order valence-corrected chi connectivity index (χ3v) is 6.64. The van der Waals surface area contributed by atoms with E-state index in [0.717, 1.165) is 54.8 Å². The van der Waals surface area contributed by atoms with E-state index in [2.05, 4.69) is 52.7 Å². The van der Waals surface area contributed by atoms with Crippen LogP contribution < -0.4 is 5.32 Å². The molecule has 3 aromatic rings. The van der Waals surface area contributed by atoms with Gasteiger partial charge in [-0.25, -0.2) is 4.79 Å². The number of carbonyl (C=O) groups is 1. The van der Waals surface area contributed by atoms with Crippen molar-refractivity contribution in [3.05, 3.63) is 71.9 Å². The molecule has 31 heavy (non-hydrogen) atoms. The normalized spacial score (nSPS) is 17.9. The first-order valence-corrected chi connectivity index (χ1v) is 11.5. The highest BCUT2D eigenvalue weighted by Crippen LogP contribution is 2.28. The lowest BCUT2D eigenvalue weighted by Crippen LogP contribution is -2.40. The highest BCUT2D eigenvalue weighted by molar-refractivity contribution is 5.92. The Balaban J connectivity index is 1.19. The number of aromatic nitrogens is 1. The number of rotatable bonds is 4. The van der Waals surface area contributed by atoms with Gasteiger partial charge in [0.2, 0.25) is 0 Å². The van der Waals surface area contributed by atoms with Crippen LogP contribution in [0.1, 0.15) is 42.9 Å². The van der Waals surface area contributed by atoms with Crippen molar-refractivity contribution in [2.75, 3.05) is 31.5 Å². The monoisotopic (exact) mass is 414 g/mol. The van der Waals surface area contributed by atoms with Gasteiger partial charge in [0.05, 0.1) is 11.2 Å². The summed E-state index contributed by atoms with van der Waals surface area (Å²) < 4.78 is 0. The van der Waals surface area contributed by atoms with Crippen LogP contribution in [0.15, 0.2) is 60.7 Å². The molecule has 2 fully saturated rings. The first-order chi connectivity index (χ1) is 15.2. The molecular weight excluding hydrogens is 384 g/mol. The van der Waals surface area contributed by atoms with Crippen molar-refractivity contribution in [2.45, 2.75) is 38.1 Å². The molecule has 2 aromatic carbocycles. The minimum absolute atomic E-state index is 0.00975. The number of piperidine rings is 1. The van der Waals surface area contributed by atoms with Gasteiger partial charge in [-0.05, 0) is 74.5 Å². The molecular formula is C26H30N4O. The molecule has 2 aliphatic heterocycles. The maximum atomic E-state index is 12.8. The van der Waals surface area contributed by atoms with Gasteiger partial charge in [-0.1, -0.05) is 36.4 Å². The molecule has 0 spiro atoms. The van der Waals surface area contributed by atoms with Gasteiger partial charge in [0.25, 0.3) is 0 Å². The van der Waals surface area contributed by atoms with Crippen LogP contribution in [-0.4, -0.2) is 47.0 Å². The summed E-state index contributed by atoms with van der Waals surface area (Å²) in [5, 5.41) is 4.14. The van der Waals surface area contributed by atoms with Gasteiger partial charge in [-0.15, -0.1) is 0 Å². The summed E-state index contributed by atoms with van der Waals surface area (Å²) in [5.74, 6) is 0.548. The molecule has 0 atom stereocenters. The molecule has 2 aliphatic rings. The second-order valence-corrected chi connectivity index (χ2v) is 8.80. The Kier molecular flexibility index (Phi) is 5.85. The topological polar surface area (TPSA) is 48.5 Å². The van der Waals surface area contributed by atoms with E-state index in [9.17, 15) is 4.79 Å². The Morgan fingerprint density at radius 2 is 1.71 bits per heavy atom. The van der Waals surface area contributed by atoms with Crippen molar-refractivity contribution < 1.29 is 4.79 Å². The van der Waals surface area contributed by atoms with E-state index in [1.165, 1.54) is 31.5 Å². The molecule has 3 heterocycles. The van der Waals surface area contributed by atoms with E-state index < -0.39 is 0 Å². The number of hydrogen-bond donors (Lipinski definition) is 1. The Morgan fingerprint density at radius 3 is 2.48 bits per heavy atom. The van der Waals surface area contributed by atoms with E-state index in [-0.39, 0.29) is 6.03 Å². The maximum absolute atomic E-state index is 12.8. The number of urea groups is 1. The van der Waals surface area contributed by atoms with Crippen LogP contribution in [0, 0.1) is 0 Å². The van der Waals surface area contributed by atoms with Crippen LogP contribution >= 0.6 is 0 Å². The van der Waals surface area contributed by atoms with Crippen LogP contribution in [0.4, 0.5) is 10.5 Å². The van der Waals surface area contributed by atoms with Gasteiger partial charge >= 0.3 is 6.03 Å². The summed E-state index contributed by atoms with van der Waals surface area (Å²) >= 11 is 0. The lowest BCUT2D eigenvalue weighted by atomic mass is 9.90. The Hall–Kier alpha value is -2.92. The average Bonchev–Trinajstić information content (AvgIpc) is 3.33.